The van der Waals surface area contributed by atoms with E-state index in [-0.39, 0.29) is 16.9 Å². The van der Waals surface area contributed by atoms with Crippen LogP contribution in [0.3, 0.4) is 0 Å². The second-order valence-electron chi connectivity index (χ2n) is 5.12. The fourth-order valence-corrected chi connectivity index (χ4v) is 2.61. The van der Waals surface area contributed by atoms with Gasteiger partial charge in [-0.25, -0.2) is 8.42 Å². The molecule has 0 fully saturated rings. The van der Waals surface area contributed by atoms with Gasteiger partial charge in [0.1, 0.15) is 0 Å². The third-order valence-electron chi connectivity index (χ3n) is 2.70. The van der Waals surface area contributed by atoms with Gasteiger partial charge < -0.3 is 9.55 Å². The van der Waals surface area contributed by atoms with Crippen LogP contribution < -0.4 is 0 Å². The summed E-state index contributed by atoms with van der Waals surface area (Å²) in [4.78, 5) is 2.98. The molecular formula is C11H20N2O2S2. The Morgan fingerprint density at radius 2 is 2.00 bits per heavy atom. The first kappa shape index (κ1) is 14.4. The van der Waals surface area contributed by atoms with Gasteiger partial charge in [0.2, 0.25) is 0 Å². The molecule has 1 rings (SSSR count). The Labute approximate surface area is 108 Å². The van der Waals surface area contributed by atoms with E-state index in [4.69, 9.17) is 12.2 Å². The molecule has 0 atom stereocenters. The molecule has 0 bridgehead atoms. The summed E-state index contributed by atoms with van der Waals surface area (Å²) in [5, 5.41) is 0. The van der Waals surface area contributed by atoms with Gasteiger partial charge in [-0.05, 0) is 12.2 Å². The van der Waals surface area contributed by atoms with E-state index in [2.05, 4.69) is 25.8 Å². The lowest BCUT2D eigenvalue weighted by Gasteiger charge is -2.20. The number of nitrogens with zero attached hydrogens (tertiary/aromatic N) is 1. The van der Waals surface area contributed by atoms with Crippen molar-refractivity contribution in [3.63, 3.8) is 0 Å². The normalized spacial score (nSPS) is 12.9. The van der Waals surface area contributed by atoms with Crippen LogP contribution in [0, 0.1) is 4.77 Å². The average molecular weight is 276 g/mol. The first-order chi connectivity index (χ1) is 7.67. The number of aromatic amines is 1. The van der Waals surface area contributed by atoms with Crippen molar-refractivity contribution in [1.29, 1.82) is 0 Å². The SMILES string of the molecule is CCS(=O)(=O)CCn1c(C(C)(C)C)c[nH]c1=S. The number of sulfone groups is 1. The molecule has 1 aromatic rings. The van der Waals surface area contributed by atoms with Crippen molar-refractivity contribution in [2.45, 2.75) is 39.7 Å². The van der Waals surface area contributed by atoms with Crippen LogP contribution in [0.25, 0.3) is 0 Å². The molecule has 17 heavy (non-hydrogen) atoms. The minimum absolute atomic E-state index is 0.0520. The van der Waals surface area contributed by atoms with Gasteiger partial charge in [0, 0.05) is 29.6 Å². The summed E-state index contributed by atoms with van der Waals surface area (Å²) in [6.45, 7) is 8.32. The van der Waals surface area contributed by atoms with Gasteiger partial charge >= 0.3 is 0 Å². The van der Waals surface area contributed by atoms with Crippen LogP contribution in [0.4, 0.5) is 0 Å². The Morgan fingerprint density at radius 3 is 2.47 bits per heavy atom. The minimum atomic E-state index is -2.96. The summed E-state index contributed by atoms with van der Waals surface area (Å²) in [5.74, 6) is 0.314. The third kappa shape index (κ3) is 3.67. The molecule has 0 aliphatic carbocycles. The number of H-pyrrole nitrogens is 1. The van der Waals surface area contributed by atoms with Crippen LogP contribution >= 0.6 is 12.2 Å². The standard InChI is InChI=1S/C11H20N2O2S2/c1-5-17(14,15)7-6-13-9(11(2,3)4)8-12-10(13)16/h8H,5-7H2,1-4H3,(H,12,16). The first-order valence-electron chi connectivity index (χ1n) is 5.66. The molecule has 0 aliphatic heterocycles. The highest BCUT2D eigenvalue weighted by Gasteiger charge is 2.20. The molecule has 0 spiro atoms. The van der Waals surface area contributed by atoms with Crippen LogP contribution in [-0.2, 0) is 21.8 Å². The summed E-state index contributed by atoms with van der Waals surface area (Å²) in [6.07, 6.45) is 1.86. The first-order valence-corrected chi connectivity index (χ1v) is 7.89. The molecule has 6 heteroatoms. The Bertz CT molecular complexity index is 533. The van der Waals surface area contributed by atoms with Crippen molar-refractivity contribution in [3.8, 4) is 0 Å². The summed E-state index contributed by atoms with van der Waals surface area (Å²) in [6, 6.07) is 0. The van der Waals surface area contributed by atoms with Crippen molar-refractivity contribution in [2.75, 3.05) is 11.5 Å². The molecule has 98 valence electrons. The van der Waals surface area contributed by atoms with Gasteiger partial charge in [0.05, 0.1) is 5.75 Å². The van der Waals surface area contributed by atoms with E-state index >= 15 is 0 Å². The predicted octanol–water partition coefficient (Wildman–Crippen LogP) is 2.28. The van der Waals surface area contributed by atoms with Gasteiger partial charge in [-0.15, -0.1) is 0 Å². The molecule has 4 nitrogen and oxygen atoms in total. The third-order valence-corrected chi connectivity index (χ3v) is 4.72. The van der Waals surface area contributed by atoms with Crippen molar-refractivity contribution in [2.24, 2.45) is 0 Å². The largest absolute Gasteiger partial charge is 0.337 e. The average Bonchev–Trinajstić information content (AvgIpc) is 2.56. The van der Waals surface area contributed by atoms with Gasteiger partial charge in [-0.1, -0.05) is 27.7 Å². The number of hydrogen-bond donors (Lipinski definition) is 1. The molecular weight excluding hydrogens is 256 g/mol. The second kappa shape index (κ2) is 4.94. The molecule has 0 unspecified atom stereocenters. The van der Waals surface area contributed by atoms with Crippen LogP contribution in [0.5, 0.6) is 0 Å². The molecule has 0 saturated carbocycles. The van der Waals surface area contributed by atoms with Crippen LogP contribution in [-0.4, -0.2) is 29.5 Å². The maximum Gasteiger partial charge on any atom is 0.177 e. The molecule has 0 amide bonds. The highest BCUT2D eigenvalue weighted by atomic mass is 32.2. The van der Waals surface area contributed by atoms with Gasteiger partial charge in [0.15, 0.2) is 14.6 Å². The van der Waals surface area contributed by atoms with E-state index in [0.717, 1.165) is 5.69 Å². The van der Waals surface area contributed by atoms with E-state index in [1.54, 1.807) is 6.92 Å². The molecule has 1 heterocycles. The number of imidazole rings is 1. The van der Waals surface area contributed by atoms with Crippen LogP contribution in [0.2, 0.25) is 0 Å². The lowest BCUT2D eigenvalue weighted by Crippen LogP contribution is -2.21. The zero-order valence-corrected chi connectivity index (χ0v) is 12.4. The lowest BCUT2D eigenvalue weighted by atomic mass is 9.93. The monoisotopic (exact) mass is 276 g/mol. The summed E-state index contributed by atoms with van der Waals surface area (Å²) in [5.41, 5.74) is 0.984. The summed E-state index contributed by atoms with van der Waals surface area (Å²) < 4.78 is 25.5. The number of rotatable bonds is 4. The quantitative estimate of drug-likeness (QED) is 0.858. The van der Waals surface area contributed by atoms with E-state index < -0.39 is 9.84 Å². The molecule has 0 radical (unpaired) electrons. The number of hydrogen-bond acceptors (Lipinski definition) is 3. The predicted molar refractivity (Wildman–Crippen MR) is 72.6 cm³/mol. The van der Waals surface area contributed by atoms with E-state index in [1.165, 1.54) is 0 Å². The van der Waals surface area contributed by atoms with Crippen LogP contribution in [0.15, 0.2) is 6.20 Å². The highest BCUT2D eigenvalue weighted by Crippen LogP contribution is 2.22. The van der Waals surface area contributed by atoms with Crippen molar-refractivity contribution < 1.29 is 8.42 Å². The molecule has 1 aromatic heterocycles. The van der Waals surface area contributed by atoms with E-state index in [9.17, 15) is 8.42 Å². The topological polar surface area (TPSA) is 54.9 Å². The highest BCUT2D eigenvalue weighted by molar-refractivity contribution is 7.91. The van der Waals surface area contributed by atoms with Crippen LogP contribution in [0.1, 0.15) is 33.4 Å². The fourth-order valence-electron chi connectivity index (χ4n) is 1.61. The van der Waals surface area contributed by atoms with Gasteiger partial charge in [-0.2, -0.15) is 0 Å². The maximum absolute atomic E-state index is 11.5. The lowest BCUT2D eigenvalue weighted by molar-refractivity contribution is 0.520. The Balaban J connectivity index is 3.00. The maximum atomic E-state index is 11.5. The van der Waals surface area contributed by atoms with Crippen molar-refractivity contribution >= 4 is 22.1 Å². The van der Waals surface area contributed by atoms with Crippen molar-refractivity contribution in [3.05, 3.63) is 16.7 Å². The summed E-state index contributed by atoms with van der Waals surface area (Å²) in [7, 11) is -2.96. The zero-order valence-electron chi connectivity index (χ0n) is 10.8. The van der Waals surface area contributed by atoms with E-state index in [0.29, 0.717) is 11.3 Å². The Morgan fingerprint density at radius 1 is 1.41 bits per heavy atom. The van der Waals surface area contributed by atoms with Gasteiger partial charge in [0.25, 0.3) is 0 Å². The second-order valence-corrected chi connectivity index (χ2v) is 7.98. The Kier molecular flexibility index (Phi) is 4.19. The van der Waals surface area contributed by atoms with E-state index in [1.807, 2.05) is 10.8 Å². The Hall–Kier alpha value is -0.620. The number of aromatic nitrogens is 2. The summed E-state index contributed by atoms with van der Waals surface area (Å²) >= 11 is 5.18. The van der Waals surface area contributed by atoms with Crippen molar-refractivity contribution in [1.82, 2.24) is 9.55 Å². The molecule has 0 aromatic carbocycles. The molecule has 0 saturated heterocycles. The number of nitrogens with one attached hydrogen (secondary N) is 1. The van der Waals surface area contributed by atoms with Gasteiger partial charge in [-0.3, -0.25) is 0 Å². The molecule has 0 aliphatic rings. The minimum Gasteiger partial charge on any atom is -0.337 e. The smallest absolute Gasteiger partial charge is 0.177 e. The zero-order chi connectivity index (χ0) is 13.3. The fraction of sp³-hybridized carbons (Fsp3) is 0.727. The molecule has 1 N–H and O–H groups in total.